The first kappa shape index (κ1) is 18.1. The van der Waals surface area contributed by atoms with Crippen molar-refractivity contribution in [2.45, 2.75) is 32.2 Å². The first-order valence-corrected chi connectivity index (χ1v) is 9.74. The molecule has 0 unspecified atom stereocenters. The molecule has 0 bridgehead atoms. The summed E-state index contributed by atoms with van der Waals surface area (Å²) in [6, 6.07) is 16.2. The number of rotatable bonds is 4. The average Bonchev–Trinajstić information content (AvgIpc) is 2.99. The Balaban J connectivity index is 1.97. The quantitative estimate of drug-likeness (QED) is 0.681. The number of nitrogens with zero attached hydrogens (tertiary/aromatic N) is 3. The Kier molecular flexibility index (Phi) is 4.56. The smallest absolute Gasteiger partial charge is 0.253 e. The molecule has 1 fully saturated rings. The van der Waals surface area contributed by atoms with Gasteiger partial charge in [-0.25, -0.2) is 0 Å². The van der Waals surface area contributed by atoms with Gasteiger partial charge in [-0.3, -0.25) is 4.79 Å². The van der Waals surface area contributed by atoms with Crippen LogP contribution in [0.15, 0.2) is 42.5 Å². The number of carbonyl (C=O) groups excluding carboxylic acids is 1. The fourth-order valence-corrected chi connectivity index (χ4v) is 3.87. The number of nitrogens with two attached hydrogens (primary N) is 1. The predicted octanol–water partition coefficient (Wildman–Crippen LogP) is 4.58. The van der Waals surface area contributed by atoms with Gasteiger partial charge < -0.3 is 15.2 Å². The minimum Gasteiger partial charge on any atom is -0.399 e. The van der Waals surface area contributed by atoms with Gasteiger partial charge in [0.2, 0.25) is 0 Å². The van der Waals surface area contributed by atoms with Crippen molar-refractivity contribution in [3.05, 3.63) is 53.6 Å². The molecule has 0 atom stereocenters. The number of carbonyl (C=O) groups is 1. The van der Waals surface area contributed by atoms with E-state index >= 15 is 0 Å². The zero-order chi connectivity index (χ0) is 19.8. The molecule has 0 spiro atoms. The summed E-state index contributed by atoms with van der Waals surface area (Å²) in [6.45, 7) is 2.59. The number of benzene rings is 2. The standard InChI is InChI=1S/C23H24N4O/c1-3-26(2)23(28)16-9-12-21-19(13-16)20(14-24)22(27(21)18-5-4-6-18)15-7-10-17(25)11-8-15/h7-13,18H,3-6,25H2,1-2H3. The van der Waals surface area contributed by atoms with Crippen LogP contribution in [0, 0.1) is 11.3 Å². The molecule has 3 aromatic rings. The van der Waals surface area contributed by atoms with Crippen LogP contribution in [-0.2, 0) is 0 Å². The first-order valence-electron chi connectivity index (χ1n) is 9.74. The van der Waals surface area contributed by atoms with Crippen molar-refractivity contribution in [1.82, 2.24) is 9.47 Å². The van der Waals surface area contributed by atoms with Gasteiger partial charge in [0.15, 0.2) is 0 Å². The summed E-state index contributed by atoms with van der Waals surface area (Å²) in [5.41, 5.74) is 10.7. The highest BCUT2D eigenvalue weighted by molar-refractivity contribution is 6.02. The summed E-state index contributed by atoms with van der Waals surface area (Å²) in [5.74, 6) is -0.0290. The van der Waals surface area contributed by atoms with Gasteiger partial charge in [0.1, 0.15) is 6.07 Å². The summed E-state index contributed by atoms with van der Waals surface area (Å²) in [4.78, 5) is 14.3. The Labute approximate surface area is 165 Å². The van der Waals surface area contributed by atoms with Crippen molar-refractivity contribution in [3.8, 4) is 17.3 Å². The second kappa shape index (κ2) is 7.05. The average molecular weight is 372 g/mol. The van der Waals surface area contributed by atoms with Crippen LogP contribution in [0.3, 0.4) is 0 Å². The Morgan fingerprint density at radius 1 is 1.25 bits per heavy atom. The molecular formula is C23H24N4O. The fraction of sp³-hybridized carbons (Fsp3) is 0.304. The topological polar surface area (TPSA) is 75.1 Å². The molecule has 5 nitrogen and oxygen atoms in total. The van der Waals surface area contributed by atoms with E-state index in [9.17, 15) is 10.1 Å². The molecule has 28 heavy (non-hydrogen) atoms. The van der Waals surface area contributed by atoms with Gasteiger partial charge in [-0.1, -0.05) is 12.1 Å². The Morgan fingerprint density at radius 2 is 1.96 bits per heavy atom. The van der Waals surface area contributed by atoms with E-state index in [1.807, 2.05) is 49.4 Å². The van der Waals surface area contributed by atoms with Gasteiger partial charge in [0, 0.05) is 36.3 Å². The maximum absolute atomic E-state index is 12.6. The number of fused-ring (bicyclic) bond motifs is 1. The summed E-state index contributed by atoms with van der Waals surface area (Å²) in [7, 11) is 1.79. The third-order valence-electron chi connectivity index (χ3n) is 5.81. The zero-order valence-electron chi connectivity index (χ0n) is 16.3. The van der Waals surface area contributed by atoms with E-state index in [0.717, 1.165) is 35.0 Å². The molecule has 1 aliphatic rings. The number of anilines is 1. The SMILES string of the molecule is CCN(C)C(=O)c1ccc2c(c1)c(C#N)c(-c1ccc(N)cc1)n2C1CCC1. The molecule has 0 radical (unpaired) electrons. The van der Waals surface area contributed by atoms with E-state index in [2.05, 4.69) is 10.6 Å². The lowest BCUT2D eigenvalue weighted by molar-refractivity contribution is 0.0802. The van der Waals surface area contributed by atoms with Crippen molar-refractivity contribution in [2.24, 2.45) is 0 Å². The van der Waals surface area contributed by atoms with Gasteiger partial charge in [-0.05, 0) is 62.1 Å². The molecule has 4 rings (SSSR count). The molecular weight excluding hydrogens is 348 g/mol. The van der Waals surface area contributed by atoms with Crippen LogP contribution in [-0.4, -0.2) is 29.0 Å². The summed E-state index contributed by atoms with van der Waals surface area (Å²) < 4.78 is 2.29. The van der Waals surface area contributed by atoms with E-state index in [4.69, 9.17) is 5.73 Å². The third-order valence-corrected chi connectivity index (χ3v) is 5.81. The molecule has 1 aliphatic carbocycles. The molecule has 0 aliphatic heterocycles. The fourth-order valence-electron chi connectivity index (χ4n) is 3.87. The maximum Gasteiger partial charge on any atom is 0.253 e. The van der Waals surface area contributed by atoms with E-state index in [0.29, 0.717) is 29.4 Å². The second-order valence-corrected chi connectivity index (χ2v) is 7.46. The van der Waals surface area contributed by atoms with Crippen LogP contribution in [0.1, 0.15) is 48.1 Å². The number of nitrogen functional groups attached to an aromatic ring is 1. The van der Waals surface area contributed by atoms with Crippen LogP contribution in [0.4, 0.5) is 5.69 Å². The third kappa shape index (κ3) is 2.82. The predicted molar refractivity (Wildman–Crippen MR) is 112 cm³/mol. The summed E-state index contributed by atoms with van der Waals surface area (Å²) >= 11 is 0. The largest absolute Gasteiger partial charge is 0.399 e. The van der Waals surface area contributed by atoms with Crippen molar-refractivity contribution >= 4 is 22.5 Å². The van der Waals surface area contributed by atoms with Crippen LogP contribution < -0.4 is 5.73 Å². The van der Waals surface area contributed by atoms with Gasteiger partial charge in [0.25, 0.3) is 5.91 Å². The lowest BCUT2D eigenvalue weighted by Crippen LogP contribution is -2.26. The highest BCUT2D eigenvalue weighted by atomic mass is 16.2. The van der Waals surface area contributed by atoms with Crippen LogP contribution in [0.5, 0.6) is 0 Å². The highest BCUT2D eigenvalue weighted by Gasteiger charge is 2.28. The van der Waals surface area contributed by atoms with Crippen molar-refractivity contribution in [3.63, 3.8) is 0 Å². The minimum atomic E-state index is -0.0290. The molecule has 1 heterocycles. The van der Waals surface area contributed by atoms with E-state index in [1.54, 1.807) is 11.9 Å². The molecule has 142 valence electrons. The molecule has 1 aromatic heterocycles. The lowest BCUT2D eigenvalue weighted by Gasteiger charge is -2.30. The lowest BCUT2D eigenvalue weighted by atomic mass is 9.92. The van der Waals surface area contributed by atoms with E-state index < -0.39 is 0 Å². The van der Waals surface area contributed by atoms with Crippen molar-refractivity contribution in [2.75, 3.05) is 19.3 Å². The molecule has 5 heteroatoms. The van der Waals surface area contributed by atoms with Crippen LogP contribution >= 0.6 is 0 Å². The number of nitriles is 1. The second-order valence-electron chi connectivity index (χ2n) is 7.46. The summed E-state index contributed by atoms with van der Waals surface area (Å²) in [6.07, 6.45) is 3.41. The number of amides is 1. The van der Waals surface area contributed by atoms with Gasteiger partial charge >= 0.3 is 0 Å². The Bertz CT molecular complexity index is 1080. The van der Waals surface area contributed by atoms with Gasteiger partial charge in [-0.2, -0.15) is 5.26 Å². The van der Waals surface area contributed by atoms with Crippen LogP contribution in [0.2, 0.25) is 0 Å². The van der Waals surface area contributed by atoms with Crippen molar-refractivity contribution < 1.29 is 4.79 Å². The maximum atomic E-state index is 12.6. The van der Waals surface area contributed by atoms with Crippen molar-refractivity contribution in [1.29, 1.82) is 5.26 Å². The van der Waals surface area contributed by atoms with Gasteiger partial charge in [0.05, 0.1) is 16.8 Å². The molecule has 1 amide bonds. The van der Waals surface area contributed by atoms with Gasteiger partial charge in [-0.15, -0.1) is 0 Å². The highest BCUT2D eigenvalue weighted by Crippen LogP contribution is 2.42. The number of hydrogen-bond donors (Lipinski definition) is 1. The summed E-state index contributed by atoms with van der Waals surface area (Å²) in [5, 5.41) is 10.9. The number of aromatic nitrogens is 1. The zero-order valence-corrected chi connectivity index (χ0v) is 16.3. The minimum absolute atomic E-state index is 0.0290. The normalized spacial score (nSPS) is 13.9. The molecule has 1 saturated carbocycles. The van der Waals surface area contributed by atoms with Crippen LogP contribution in [0.25, 0.3) is 22.2 Å². The van der Waals surface area contributed by atoms with E-state index in [-0.39, 0.29) is 5.91 Å². The molecule has 2 N–H and O–H groups in total. The monoisotopic (exact) mass is 372 g/mol. The number of hydrogen-bond acceptors (Lipinski definition) is 3. The Hall–Kier alpha value is -3.26. The Morgan fingerprint density at radius 3 is 2.54 bits per heavy atom. The molecule has 0 saturated heterocycles. The molecule has 2 aromatic carbocycles. The van der Waals surface area contributed by atoms with E-state index in [1.165, 1.54) is 6.42 Å². The first-order chi connectivity index (χ1) is 13.5.